The number of aromatic nitrogens is 1. The second kappa shape index (κ2) is 4.16. The summed E-state index contributed by atoms with van der Waals surface area (Å²) in [5.74, 6) is -0.207. The Morgan fingerprint density at radius 2 is 2.14 bits per heavy atom. The van der Waals surface area contributed by atoms with E-state index in [0.717, 1.165) is 0 Å². The van der Waals surface area contributed by atoms with Crippen molar-refractivity contribution in [1.82, 2.24) is 4.98 Å². The second-order valence-corrected chi connectivity index (χ2v) is 3.18. The Hall–Kier alpha value is -0.780. The number of ether oxygens (including phenoxy) is 1. The topological polar surface area (TPSA) is 22.1 Å². The molecule has 0 saturated carbocycles. The fourth-order valence-corrected chi connectivity index (χ4v) is 1.30. The van der Waals surface area contributed by atoms with Crippen LogP contribution in [0.2, 0.25) is 0 Å². The summed E-state index contributed by atoms with van der Waals surface area (Å²) in [5.41, 5.74) is 0.849. The van der Waals surface area contributed by atoms with Gasteiger partial charge >= 0.3 is 6.36 Å². The van der Waals surface area contributed by atoms with E-state index in [2.05, 4.69) is 25.7 Å². The molecule has 0 aliphatic heterocycles. The van der Waals surface area contributed by atoms with Gasteiger partial charge in [0.25, 0.3) is 0 Å². The summed E-state index contributed by atoms with van der Waals surface area (Å²) in [5, 5.41) is 0.270. The maximum atomic E-state index is 11.9. The number of pyridine rings is 1. The molecule has 14 heavy (non-hydrogen) atoms. The maximum Gasteiger partial charge on any atom is 0.573 e. The van der Waals surface area contributed by atoms with Crippen LogP contribution in [0.3, 0.4) is 0 Å². The molecule has 1 heterocycles. The number of halogens is 4. The van der Waals surface area contributed by atoms with Crippen LogP contribution < -0.4 is 4.74 Å². The third kappa shape index (κ3) is 3.17. The van der Waals surface area contributed by atoms with Gasteiger partial charge in [0.15, 0.2) is 0 Å². The van der Waals surface area contributed by atoms with Crippen LogP contribution >= 0.6 is 15.9 Å². The van der Waals surface area contributed by atoms with Gasteiger partial charge in [-0.05, 0) is 6.92 Å². The highest BCUT2D eigenvalue weighted by molar-refractivity contribution is 9.08. The third-order valence-corrected chi connectivity index (χ3v) is 2.05. The fourth-order valence-electron chi connectivity index (χ4n) is 0.883. The van der Waals surface area contributed by atoms with Gasteiger partial charge in [-0.25, -0.2) is 0 Å². The van der Waals surface area contributed by atoms with E-state index in [4.69, 9.17) is 0 Å². The molecule has 0 saturated heterocycles. The molecule has 0 N–H and O–H groups in total. The lowest BCUT2D eigenvalue weighted by Crippen LogP contribution is -2.18. The van der Waals surface area contributed by atoms with Crippen LogP contribution in [-0.4, -0.2) is 11.3 Å². The second-order valence-electron chi connectivity index (χ2n) is 2.61. The van der Waals surface area contributed by atoms with E-state index in [1.807, 2.05) is 0 Å². The monoisotopic (exact) mass is 269 g/mol. The van der Waals surface area contributed by atoms with Crippen molar-refractivity contribution < 1.29 is 17.9 Å². The van der Waals surface area contributed by atoms with Gasteiger partial charge in [-0.1, -0.05) is 15.9 Å². The van der Waals surface area contributed by atoms with Gasteiger partial charge in [0.2, 0.25) is 0 Å². The zero-order valence-electron chi connectivity index (χ0n) is 7.23. The Labute approximate surface area is 87.2 Å². The van der Waals surface area contributed by atoms with E-state index in [1.54, 1.807) is 6.92 Å². The lowest BCUT2D eigenvalue weighted by atomic mass is 10.2. The van der Waals surface area contributed by atoms with Crippen LogP contribution in [0, 0.1) is 6.92 Å². The van der Waals surface area contributed by atoms with Gasteiger partial charge < -0.3 is 4.74 Å². The number of aryl methyl sites for hydroxylation is 1. The van der Waals surface area contributed by atoms with Crippen molar-refractivity contribution >= 4 is 15.9 Å². The van der Waals surface area contributed by atoms with Gasteiger partial charge in [0.1, 0.15) is 5.75 Å². The molecule has 6 heteroatoms. The van der Waals surface area contributed by atoms with Crippen molar-refractivity contribution in [1.29, 1.82) is 0 Å². The minimum absolute atomic E-state index is 0.207. The average molecular weight is 270 g/mol. The predicted octanol–water partition coefficient (Wildman–Crippen LogP) is 3.18. The predicted molar refractivity (Wildman–Crippen MR) is 48.3 cm³/mol. The summed E-state index contributed by atoms with van der Waals surface area (Å²) in [6.45, 7) is 1.60. The van der Waals surface area contributed by atoms with E-state index in [-0.39, 0.29) is 11.1 Å². The largest absolute Gasteiger partial charge is 0.573 e. The quantitative estimate of drug-likeness (QED) is 0.770. The molecular weight excluding hydrogens is 263 g/mol. The normalized spacial score (nSPS) is 11.5. The van der Waals surface area contributed by atoms with Crippen LogP contribution in [0.1, 0.15) is 11.3 Å². The Balaban J connectivity index is 2.99. The number of alkyl halides is 4. The van der Waals surface area contributed by atoms with E-state index in [1.165, 1.54) is 12.3 Å². The van der Waals surface area contributed by atoms with Crippen molar-refractivity contribution in [3.8, 4) is 5.75 Å². The van der Waals surface area contributed by atoms with Crippen molar-refractivity contribution in [2.75, 3.05) is 0 Å². The molecule has 78 valence electrons. The highest BCUT2D eigenvalue weighted by Gasteiger charge is 2.32. The van der Waals surface area contributed by atoms with Crippen LogP contribution in [0.25, 0.3) is 0 Å². The number of nitrogens with zero attached hydrogens (tertiary/aromatic N) is 1. The van der Waals surface area contributed by atoms with Crippen molar-refractivity contribution in [2.24, 2.45) is 0 Å². The first-order chi connectivity index (χ1) is 6.42. The molecule has 0 atom stereocenters. The van der Waals surface area contributed by atoms with Crippen LogP contribution in [0.15, 0.2) is 12.3 Å². The average Bonchev–Trinajstić information content (AvgIpc) is 2.01. The lowest BCUT2D eigenvalue weighted by Gasteiger charge is -2.11. The minimum Gasteiger partial charge on any atom is -0.405 e. The number of hydrogen-bond donors (Lipinski definition) is 0. The fraction of sp³-hybridized carbons (Fsp3) is 0.375. The van der Waals surface area contributed by atoms with E-state index < -0.39 is 6.36 Å². The van der Waals surface area contributed by atoms with Crippen LogP contribution in [-0.2, 0) is 5.33 Å². The third-order valence-electron chi connectivity index (χ3n) is 1.45. The standard InChI is InChI=1S/C8H7BrF3NO/c1-5-2-7(14-8(10,11)12)6(3-9)4-13-5/h2,4H,3H2,1H3. The molecule has 0 aliphatic rings. The molecule has 0 aliphatic carbocycles. The van der Waals surface area contributed by atoms with Crippen LogP contribution in [0.5, 0.6) is 5.75 Å². The molecule has 0 fully saturated rings. The zero-order chi connectivity index (χ0) is 10.8. The molecule has 0 radical (unpaired) electrons. The summed E-state index contributed by atoms with van der Waals surface area (Å²) in [6, 6.07) is 1.25. The lowest BCUT2D eigenvalue weighted by molar-refractivity contribution is -0.274. The van der Waals surface area contributed by atoms with Gasteiger partial charge in [0.05, 0.1) is 0 Å². The molecule has 0 bridgehead atoms. The Bertz CT molecular complexity index is 327. The van der Waals surface area contributed by atoms with Gasteiger partial charge in [0, 0.05) is 28.9 Å². The molecule has 1 aromatic rings. The Morgan fingerprint density at radius 1 is 1.50 bits per heavy atom. The minimum atomic E-state index is -4.66. The van der Waals surface area contributed by atoms with Crippen molar-refractivity contribution in [2.45, 2.75) is 18.6 Å². The van der Waals surface area contributed by atoms with Gasteiger partial charge in [-0.3, -0.25) is 4.98 Å². The van der Waals surface area contributed by atoms with Crippen molar-refractivity contribution in [3.05, 3.63) is 23.5 Å². The van der Waals surface area contributed by atoms with E-state index >= 15 is 0 Å². The summed E-state index contributed by atoms with van der Waals surface area (Å²) in [4.78, 5) is 3.86. The smallest absolute Gasteiger partial charge is 0.405 e. The molecule has 1 aromatic heterocycles. The molecule has 0 aromatic carbocycles. The Morgan fingerprint density at radius 3 is 2.64 bits per heavy atom. The highest BCUT2D eigenvalue weighted by atomic mass is 79.9. The molecular formula is C8H7BrF3NO. The first-order valence-electron chi connectivity index (χ1n) is 3.69. The SMILES string of the molecule is Cc1cc(OC(F)(F)F)c(CBr)cn1. The van der Waals surface area contributed by atoms with Crippen molar-refractivity contribution in [3.63, 3.8) is 0 Å². The first-order valence-corrected chi connectivity index (χ1v) is 4.82. The first kappa shape index (κ1) is 11.3. The summed E-state index contributed by atoms with van der Waals surface area (Å²) in [7, 11) is 0. The maximum absolute atomic E-state index is 11.9. The van der Waals surface area contributed by atoms with Gasteiger partial charge in [-0.15, -0.1) is 13.2 Å². The van der Waals surface area contributed by atoms with E-state index in [0.29, 0.717) is 11.3 Å². The molecule has 1 rings (SSSR count). The highest BCUT2D eigenvalue weighted by Crippen LogP contribution is 2.27. The number of rotatable bonds is 2. The summed E-state index contributed by atoms with van der Waals surface area (Å²) in [6.07, 6.45) is -3.31. The zero-order valence-corrected chi connectivity index (χ0v) is 8.82. The van der Waals surface area contributed by atoms with E-state index in [9.17, 15) is 13.2 Å². The molecule has 0 unspecified atom stereocenters. The van der Waals surface area contributed by atoms with Gasteiger partial charge in [-0.2, -0.15) is 0 Å². The molecule has 2 nitrogen and oxygen atoms in total. The molecule has 0 spiro atoms. The Kier molecular flexibility index (Phi) is 3.36. The molecule has 0 amide bonds. The van der Waals surface area contributed by atoms with Crippen LogP contribution in [0.4, 0.5) is 13.2 Å². The summed E-state index contributed by atoms with van der Waals surface area (Å²) < 4.78 is 39.6. The number of hydrogen-bond acceptors (Lipinski definition) is 2. The summed E-state index contributed by atoms with van der Waals surface area (Å²) >= 11 is 3.05.